The van der Waals surface area contributed by atoms with Gasteiger partial charge in [-0.15, -0.1) is 0 Å². The first-order valence-corrected chi connectivity index (χ1v) is 13.6. The molecule has 4 aromatic rings. The highest BCUT2D eigenvalue weighted by molar-refractivity contribution is 9.11. The molecule has 6 nitrogen and oxygen atoms in total. The molecule has 0 fully saturated rings. The average Bonchev–Trinajstić information content (AvgIpc) is 3.30. The van der Waals surface area contributed by atoms with E-state index in [0.29, 0.717) is 23.2 Å². The van der Waals surface area contributed by atoms with Gasteiger partial charge in [0.25, 0.3) is 0 Å². The second-order valence-corrected chi connectivity index (χ2v) is 10.6. The fraction of sp³-hybridized carbons (Fsp3) is 0.179. The van der Waals surface area contributed by atoms with Crippen LogP contribution in [0.4, 0.5) is 5.69 Å². The van der Waals surface area contributed by atoms with Crippen LogP contribution in [-0.2, 0) is 4.79 Å². The van der Waals surface area contributed by atoms with Gasteiger partial charge in [-0.2, -0.15) is 0 Å². The highest BCUT2D eigenvalue weighted by atomic mass is 79.9. The van der Waals surface area contributed by atoms with E-state index in [9.17, 15) is 4.79 Å². The Hall–Kier alpha value is -3.01. The number of hydrogen-bond donors (Lipinski definition) is 2. The molecule has 1 unspecified atom stereocenters. The van der Waals surface area contributed by atoms with Gasteiger partial charge in [0, 0.05) is 27.4 Å². The lowest BCUT2D eigenvalue weighted by atomic mass is 9.98. The van der Waals surface area contributed by atoms with Crippen molar-refractivity contribution in [1.82, 2.24) is 10.3 Å². The molecule has 0 aliphatic rings. The van der Waals surface area contributed by atoms with Crippen molar-refractivity contribution in [1.29, 1.82) is 0 Å². The van der Waals surface area contributed by atoms with Gasteiger partial charge in [0.15, 0.2) is 10.7 Å². The van der Waals surface area contributed by atoms with Gasteiger partial charge in [-0.25, -0.2) is 4.98 Å². The largest absolute Gasteiger partial charge is 0.495 e. The molecular formula is C28H25Br2N3O3S. The molecule has 1 heterocycles. The number of hydrogen-bond acceptors (Lipinski definition) is 5. The summed E-state index contributed by atoms with van der Waals surface area (Å²) < 4.78 is 13.0. The number of aromatic nitrogens is 1. The van der Waals surface area contributed by atoms with Crippen molar-refractivity contribution in [2.75, 3.05) is 12.4 Å². The molecule has 1 aromatic heterocycles. The first-order valence-electron chi connectivity index (χ1n) is 11.6. The van der Waals surface area contributed by atoms with Crippen LogP contribution in [0, 0.1) is 0 Å². The summed E-state index contributed by atoms with van der Waals surface area (Å²) in [5.74, 6) is 1.23. The van der Waals surface area contributed by atoms with Crippen molar-refractivity contribution in [2.45, 2.75) is 26.2 Å². The molecular weight excluding hydrogens is 618 g/mol. The van der Waals surface area contributed by atoms with Crippen LogP contribution in [0.15, 0.2) is 74.0 Å². The number of halogens is 2. The summed E-state index contributed by atoms with van der Waals surface area (Å²) in [7, 11) is 1.57. The lowest BCUT2D eigenvalue weighted by Crippen LogP contribution is -2.32. The number of methoxy groups -OCH3 is 1. The standard InChI is InChI=1S/C28H25Br2N3O3S/c1-4-16(2)17-8-10-24-23(14-17)32-27(36-24)19-6-5-7-21(13-19)31-28(37)33-25(34)11-9-18-12-20(29)15-22(30)26(18)35-3/h5-16H,4H2,1-3H3,(H2,31,33,34,37). The minimum Gasteiger partial charge on any atom is -0.495 e. The molecule has 1 atom stereocenters. The summed E-state index contributed by atoms with van der Waals surface area (Å²) in [6.07, 6.45) is 4.12. The number of ether oxygens (including phenoxy) is 1. The van der Waals surface area contributed by atoms with E-state index in [1.807, 2.05) is 42.5 Å². The molecule has 0 saturated heterocycles. The van der Waals surface area contributed by atoms with E-state index >= 15 is 0 Å². The van der Waals surface area contributed by atoms with Crippen molar-refractivity contribution >= 4 is 78.0 Å². The van der Waals surface area contributed by atoms with E-state index in [-0.39, 0.29) is 11.0 Å². The third-order valence-electron chi connectivity index (χ3n) is 5.85. The molecule has 0 aliphatic heterocycles. The van der Waals surface area contributed by atoms with Gasteiger partial charge in [-0.05, 0) is 94.6 Å². The summed E-state index contributed by atoms with van der Waals surface area (Å²) in [4.78, 5) is 17.1. The van der Waals surface area contributed by atoms with Gasteiger partial charge < -0.3 is 14.5 Å². The van der Waals surface area contributed by atoms with Crippen LogP contribution in [0.5, 0.6) is 5.75 Å². The second-order valence-electron chi connectivity index (χ2n) is 8.42. The normalized spacial score (nSPS) is 12.0. The molecule has 9 heteroatoms. The lowest BCUT2D eigenvalue weighted by molar-refractivity contribution is -0.115. The number of rotatable bonds is 7. The predicted molar refractivity (Wildman–Crippen MR) is 160 cm³/mol. The van der Waals surface area contributed by atoms with Crippen molar-refractivity contribution in [3.63, 3.8) is 0 Å². The van der Waals surface area contributed by atoms with E-state index < -0.39 is 0 Å². The van der Waals surface area contributed by atoms with Gasteiger partial charge in [0.2, 0.25) is 11.8 Å². The number of nitrogens with one attached hydrogen (secondary N) is 2. The molecule has 37 heavy (non-hydrogen) atoms. The molecule has 0 bridgehead atoms. The number of oxazole rings is 1. The third-order valence-corrected chi connectivity index (χ3v) is 7.10. The van der Waals surface area contributed by atoms with Crippen LogP contribution in [0.2, 0.25) is 0 Å². The van der Waals surface area contributed by atoms with E-state index in [2.05, 4.69) is 73.5 Å². The number of anilines is 1. The predicted octanol–water partition coefficient (Wildman–Crippen LogP) is 8.07. The summed E-state index contributed by atoms with van der Waals surface area (Å²) in [5, 5.41) is 5.87. The zero-order valence-corrected chi connectivity index (χ0v) is 24.5. The van der Waals surface area contributed by atoms with E-state index in [1.54, 1.807) is 13.2 Å². The second kappa shape index (κ2) is 12.0. The van der Waals surface area contributed by atoms with Crippen LogP contribution in [0.3, 0.4) is 0 Å². The Labute approximate surface area is 237 Å². The Morgan fingerprint density at radius 1 is 1.19 bits per heavy atom. The third kappa shape index (κ3) is 6.66. The maximum Gasteiger partial charge on any atom is 0.250 e. The fourth-order valence-electron chi connectivity index (χ4n) is 3.74. The average molecular weight is 643 g/mol. The Morgan fingerprint density at radius 3 is 2.76 bits per heavy atom. The Kier molecular flexibility index (Phi) is 8.79. The number of carbonyl (C=O) groups is 1. The smallest absolute Gasteiger partial charge is 0.250 e. The molecule has 0 radical (unpaired) electrons. The SMILES string of the molecule is CCC(C)c1ccc2oc(-c3cccc(NC(=S)NC(=O)C=Cc4cc(Br)cc(Br)c4OC)c3)nc2c1. The van der Waals surface area contributed by atoms with E-state index in [4.69, 9.17) is 21.4 Å². The van der Waals surface area contributed by atoms with E-state index in [0.717, 1.165) is 37.6 Å². The van der Waals surface area contributed by atoms with Gasteiger partial charge >= 0.3 is 0 Å². The molecule has 4 rings (SSSR count). The van der Waals surface area contributed by atoms with Crippen molar-refractivity contribution < 1.29 is 13.9 Å². The first-order chi connectivity index (χ1) is 17.8. The number of carbonyl (C=O) groups excluding carboxylic acids is 1. The maximum atomic E-state index is 12.5. The molecule has 1 amide bonds. The lowest BCUT2D eigenvalue weighted by Gasteiger charge is -2.10. The minimum absolute atomic E-state index is 0.171. The summed E-state index contributed by atoms with van der Waals surface area (Å²) in [5.41, 5.74) is 5.05. The maximum absolute atomic E-state index is 12.5. The Bertz CT molecular complexity index is 1500. The molecule has 0 spiro atoms. The molecule has 0 saturated carbocycles. The molecule has 190 valence electrons. The van der Waals surface area contributed by atoms with Crippen LogP contribution in [0.25, 0.3) is 28.6 Å². The quantitative estimate of drug-likeness (QED) is 0.157. The Morgan fingerprint density at radius 2 is 2.00 bits per heavy atom. The molecule has 0 aliphatic carbocycles. The van der Waals surface area contributed by atoms with Crippen LogP contribution in [0.1, 0.15) is 37.3 Å². The molecule has 2 N–H and O–H groups in total. The van der Waals surface area contributed by atoms with Gasteiger partial charge in [-0.1, -0.05) is 41.9 Å². The van der Waals surface area contributed by atoms with Crippen molar-refractivity contribution in [3.05, 3.63) is 80.7 Å². The monoisotopic (exact) mass is 641 g/mol. The fourth-order valence-corrected chi connectivity index (χ4v) is 5.38. The van der Waals surface area contributed by atoms with Crippen LogP contribution >= 0.6 is 44.1 Å². The number of amides is 1. The number of benzene rings is 3. The highest BCUT2D eigenvalue weighted by Crippen LogP contribution is 2.33. The zero-order valence-electron chi connectivity index (χ0n) is 20.5. The zero-order chi connectivity index (χ0) is 26.5. The van der Waals surface area contributed by atoms with Gasteiger partial charge in [-0.3, -0.25) is 10.1 Å². The van der Waals surface area contributed by atoms with Crippen LogP contribution in [-0.4, -0.2) is 23.1 Å². The number of nitrogens with zero attached hydrogens (tertiary/aromatic N) is 1. The van der Waals surface area contributed by atoms with E-state index in [1.165, 1.54) is 11.6 Å². The topological polar surface area (TPSA) is 76.4 Å². The summed E-state index contributed by atoms with van der Waals surface area (Å²) in [6.45, 7) is 4.37. The summed E-state index contributed by atoms with van der Waals surface area (Å²) >= 11 is 12.2. The number of thiocarbonyl (C=S) groups is 1. The van der Waals surface area contributed by atoms with Crippen molar-refractivity contribution in [3.8, 4) is 17.2 Å². The van der Waals surface area contributed by atoms with Gasteiger partial charge in [0.1, 0.15) is 11.3 Å². The minimum atomic E-state index is -0.372. The molecule has 3 aromatic carbocycles. The highest BCUT2D eigenvalue weighted by Gasteiger charge is 2.12. The number of fused-ring (bicyclic) bond motifs is 1. The Balaban J connectivity index is 1.44. The van der Waals surface area contributed by atoms with Crippen molar-refractivity contribution in [2.24, 2.45) is 0 Å². The first kappa shape index (κ1) is 27.0. The summed E-state index contributed by atoms with van der Waals surface area (Å²) in [6, 6.07) is 17.4. The van der Waals surface area contributed by atoms with Crippen LogP contribution < -0.4 is 15.4 Å². The van der Waals surface area contributed by atoms with Gasteiger partial charge in [0.05, 0.1) is 11.6 Å².